The Morgan fingerprint density at radius 3 is 2.62 bits per heavy atom. The summed E-state index contributed by atoms with van der Waals surface area (Å²) in [6.07, 6.45) is 4.66. The van der Waals surface area contributed by atoms with Crippen LogP contribution >= 0.6 is 0 Å². The number of rotatable bonds is 3. The third-order valence-electron chi connectivity index (χ3n) is 5.43. The maximum atomic E-state index is 13.3. The number of piperidine rings is 1. The van der Waals surface area contributed by atoms with Crippen molar-refractivity contribution in [2.24, 2.45) is 7.05 Å². The molecule has 0 radical (unpaired) electrons. The number of aryl methyl sites for hydroxylation is 2. The van der Waals surface area contributed by atoms with E-state index >= 15 is 0 Å². The Kier molecular flexibility index (Phi) is 4.52. The number of ether oxygens (including phenoxy) is 1. The largest absolute Gasteiger partial charge is 0.420 e. The molecule has 140 valence electrons. The molecule has 2 aromatic rings. The number of hydrogen-bond donors (Lipinski definition) is 0. The molecule has 4 heterocycles. The molecule has 4 rings (SSSR count). The van der Waals surface area contributed by atoms with Gasteiger partial charge in [0.2, 0.25) is 11.8 Å². The molecule has 26 heavy (non-hydrogen) atoms. The van der Waals surface area contributed by atoms with E-state index in [2.05, 4.69) is 15.3 Å². The van der Waals surface area contributed by atoms with Crippen LogP contribution in [0.2, 0.25) is 0 Å². The predicted octanol–water partition coefficient (Wildman–Crippen LogP) is 2.64. The zero-order valence-electron chi connectivity index (χ0n) is 15.6. The SMILES string of the molecule is Cc1nn(C)c(C)c1C(=O)N1CCCC[C@@H]1c1nnc([C@H]2CCCO2)o1. The van der Waals surface area contributed by atoms with Gasteiger partial charge in [-0.15, -0.1) is 10.2 Å². The molecular formula is C18H25N5O3. The van der Waals surface area contributed by atoms with E-state index in [1.807, 2.05) is 25.8 Å². The van der Waals surface area contributed by atoms with E-state index in [4.69, 9.17) is 9.15 Å². The number of hydrogen-bond acceptors (Lipinski definition) is 6. The van der Waals surface area contributed by atoms with Gasteiger partial charge in [0.15, 0.2) is 0 Å². The van der Waals surface area contributed by atoms with Crippen LogP contribution in [0.4, 0.5) is 0 Å². The predicted molar refractivity (Wildman–Crippen MR) is 92.5 cm³/mol. The lowest BCUT2D eigenvalue weighted by atomic mass is 10.00. The number of nitrogens with zero attached hydrogens (tertiary/aromatic N) is 5. The quantitative estimate of drug-likeness (QED) is 0.837. The molecule has 2 aliphatic heterocycles. The zero-order chi connectivity index (χ0) is 18.3. The van der Waals surface area contributed by atoms with Crippen molar-refractivity contribution in [3.05, 3.63) is 28.7 Å². The van der Waals surface area contributed by atoms with E-state index in [0.717, 1.165) is 50.1 Å². The van der Waals surface area contributed by atoms with Crippen molar-refractivity contribution in [3.63, 3.8) is 0 Å². The van der Waals surface area contributed by atoms with Crippen LogP contribution in [-0.4, -0.2) is 43.9 Å². The molecule has 0 aliphatic carbocycles. The summed E-state index contributed by atoms with van der Waals surface area (Å²) < 4.78 is 13.3. The standard InChI is InChI=1S/C18H25N5O3/c1-11-15(12(2)22(3)21-11)18(24)23-9-5-4-7-13(23)16-19-20-17(26-16)14-8-6-10-25-14/h13-14H,4-10H2,1-3H3/t13-,14-/m1/s1. The van der Waals surface area contributed by atoms with Gasteiger partial charge in [0, 0.05) is 25.9 Å². The molecule has 2 aliphatic rings. The van der Waals surface area contributed by atoms with E-state index in [-0.39, 0.29) is 18.1 Å². The smallest absolute Gasteiger partial charge is 0.258 e. The Morgan fingerprint density at radius 1 is 1.12 bits per heavy atom. The minimum absolute atomic E-state index is 0.00494. The van der Waals surface area contributed by atoms with Gasteiger partial charge in [0.25, 0.3) is 5.91 Å². The van der Waals surface area contributed by atoms with Crippen LogP contribution in [0.15, 0.2) is 4.42 Å². The van der Waals surface area contributed by atoms with E-state index in [1.54, 1.807) is 4.68 Å². The van der Waals surface area contributed by atoms with Gasteiger partial charge in [0.05, 0.1) is 11.3 Å². The zero-order valence-corrected chi connectivity index (χ0v) is 15.6. The molecule has 2 saturated heterocycles. The fourth-order valence-electron chi connectivity index (χ4n) is 3.94. The summed E-state index contributed by atoms with van der Waals surface area (Å²) in [6, 6.07) is -0.182. The second kappa shape index (κ2) is 6.83. The molecule has 2 atom stereocenters. The lowest BCUT2D eigenvalue weighted by molar-refractivity contribution is 0.0548. The van der Waals surface area contributed by atoms with Crippen LogP contribution in [0.25, 0.3) is 0 Å². The monoisotopic (exact) mass is 359 g/mol. The molecule has 0 bridgehead atoms. The molecule has 0 N–H and O–H groups in total. The lowest BCUT2D eigenvalue weighted by Crippen LogP contribution is -2.39. The summed E-state index contributed by atoms with van der Waals surface area (Å²) in [5.74, 6) is 1.04. The normalized spacial score (nSPS) is 23.6. The fourth-order valence-corrected chi connectivity index (χ4v) is 3.94. The number of carbonyl (C=O) groups excluding carboxylic acids is 1. The van der Waals surface area contributed by atoms with E-state index in [0.29, 0.717) is 23.9 Å². The first-order valence-corrected chi connectivity index (χ1v) is 9.32. The molecule has 0 spiro atoms. The molecule has 0 unspecified atom stereocenters. The molecule has 0 saturated carbocycles. The van der Waals surface area contributed by atoms with E-state index in [1.165, 1.54) is 0 Å². The van der Waals surface area contributed by atoms with Crippen molar-refractivity contribution in [3.8, 4) is 0 Å². The van der Waals surface area contributed by atoms with Crippen molar-refractivity contribution in [1.29, 1.82) is 0 Å². The highest BCUT2D eigenvalue weighted by Gasteiger charge is 2.35. The number of amides is 1. The van der Waals surface area contributed by atoms with Crippen LogP contribution in [0.5, 0.6) is 0 Å². The summed E-state index contributed by atoms with van der Waals surface area (Å²) in [5.41, 5.74) is 2.31. The minimum atomic E-state index is -0.182. The average Bonchev–Trinajstić information content (AvgIpc) is 3.36. The second-order valence-electron chi connectivity index (χ2n) is 7.16. The van der Waals surface area contributed by atoms with Gasteiger partial charge < -0.3 is 14.1 Å². The first kappa shape index (κ1) is 17.2. The van der Waals surface area contributed by atoms with Gasteiger partial charge in [0.1, 0.15) is 12.1 Å². The molecule has 2 fully saturated rings. The van der Waals surface area contributed by atoms with Gasteiger partial charge in [-0.2, -0.15) is 5.10 Å². The molecule has 8 heteroatoms. The van der Waals surface area contributed by atoms with Gasteiger partial charge in [-0.3, -0.25) is 9.48 Å². The van der Waals surface area contributed by atoms with Crippen LogP contribution in [0.3, 0.4) is 0 Å². The summed E-state index contributed by atoms with van der Waals surface area (Å²) >= 11 is 0. The van der Waals surface area contributed by atoms with Gasteiger partial charge in [-0.1, -0.05) is 0 Å². The van der Waals surface area contributed by atoms with Crippen molar-refractivity contribution < 1.29 is 13.9 Å². The van der Waals surface area contributed by atoms with Crippen molar-refractivity contribution >= 4 is 5.91 Å². The second-order valence-corrected chi connectivity index (χ2v) is 7.16. The number of carbonyl (C=O) groups is 1. The summed E-state index contributed by atoms with van der Waals surface area (Å²) in [7, 11) is 1.86. The van der Waals surface area contributed by atoms with Gasteiger partial charge in [-0.05, 0) is 46.0 Å². The number of aromatic nitrogens is 4. The Bertz CT molecular complexity index is 806. The molecule has 0 aromatic carbocycles. The van der Waals surface area contributed by atoms with E-state index < -0.39 is 0 Å². The maximum Gasteiger partial charge on any atom is 0.258 e. The Balaban J connectivity index is 1.61. The Labute approximate surface area is 152 Å². The third-order valence-corrected chi connectivity index (χ3v) is 5.43. The fraction of sp³-hybridized carbons (Fsp3) is 0.667. The van der Waals surface area contributed by atoms with Crippen molar-refractivity contribution in [2.75, 3.05) is 13.2 Å². The highest BCUT2D eigenvalue weighted by atomic mass is 16.5. The summed E-state index contributed by atoms with van der Waals surface area (Å²) in [5, 5.41) is 12.8. The molecule has 2 aromatic heterocycles. The first-order valence-electron chi connectivity index (χ1n) is 9.32. The highest BCUT2D eigenvalue weighted by molar-refractivity contribution is 5.96. The van der Waals surface area contributed by atoms with Crippen LogP contribution in [-0.2, 0) is 11.8 Å². The van der Waals surface area contributed by atoms with Gasteiger partial charge in [-0.25, -0.2) is 0 Å². The summed E-state index contributed by atoms with van der Waals surface area (Å²) in [4.78, 5) is 15.1. The van der Waals surface area contributed by atoms with Crippen molar-refractivity contribution in [2.45, 2.75) is 58.1 Å². The Morgan fingerprint density at radius 2 is 1.92 bits per heavy atom. The molecular weight excluding hydrogens is 334 g/mol. The highest BCUT2D eigenvalue weighted by Crippen LogP contribution is 2.34. The summed E-state index contributed by atoms with van der Waals surface area (Å²) in [6.45, 7) is 5.22. The maximum absolute atomic E-state index is 13.3. The van der Waals surface area contributed by atoms with Crippen LogP contribution in [0, 0.1) is 13.8 Å². The number of likely N-dealkylation sites (tertiary alicyclic amines) is 1. The van der Waals surface area contributed by atoms with Crippen LogP contribution < -0.4 is 0 Å². The van der Waals surface area contributed by atoms with E-state index in [9.17, 15) is 4.79 Å². The average molecular weight is 359 g/mol. The lowest BCUT2D eigenvalue weighted by Gasteiger charge is -2.33. The van der Waals surface area contributed by atoms with Crippen molar-refractivity contribution in [1.82, 2.24) is 24.9 Å². The Hall–Kier alpha value is -2.22. The molecule has 1 amide bonds. The third kappa shape index (κ3) is 2.92. The first-order chi connectivity index (χ1) is 12.6. The minimum Gasteiger partial charge on any atom is -0.420 e. The van der Waals surface area contributed by atoms with Gasteiger partial charge >= 0.3 is 0 Å². The van der Waals surface area contributed by atoms with Crippen LogP contribution in [0.1, 0.15) is 77.8 Å². The topological polar surface area (TPSA) is 86.3 Å². The molecule has 8 nitrogen and oxygen atoms in total.